The van der Waals surface area contributed by atoms with E-state index in [4.69, 9.17) is 0 Å². The lowest BCUT2D eigenvalue weighted by Crippen LogP contribution is -2.42. The average Bonchev–Trinajstić information content (AvgIpc) is 3.59. The number of pyridine rings is 1. The van der Waals surface area contributed by atoms with Crippen molar-refractivity contribution in [2.24, 2.45) is 0 Å². The molecule has 0 spiro atoms. The second-order valence-electron chi connectivity index (χ2n) is 9.29. The molecule has 2 aromatic heterocycles. The molecule has 6 rings (SSSR count). The number of aliphatic hydroxyl groups is 1. The SMILES string of the molecule is O=C(CN1CCC(O)C1)N1CC=C(C2Cc3c(Nc4ccc5ncsc5c4)ccnc3N2)CC1. The van der Waals surface area contributed by atoms with Crippen LogP contribution < -0.4 is 10.6 Å². The van der Waals surface area contributed by atoms with Crippen LogP contribution >= 0.6 is 11.3 Å². The number of hydrogen-bond donors (Lipinski definition) is 3. The number of hydrogen-bond acceptors (Lipinski definition) is 8. The molecule has 3 aromatic rings. The predicted molar refractivity (Wildman–Crippen MR) is 135 cm³/mol. The summed E-state index contributed by atoms with van der Waals surface area (Å²) in [6.07, 6.45) is 6.25. The van der Waals surface area contributed by atoms with Gasteiger partial charge in [0.1, 0.15) is 5.82 Å². The molecule has 8 nitrogen and oxygen atoms in total. The number of benzene rings is 1. The minimum absolute atomic E-state index is 0.151. The van der Waals surface area contributed by atoms with Crippen molar-refractivity contribution in [1.82, 2.24) is 19.8 Å². The van der Waals surface area contributed by atoms with Crippen LogP contribution in [-0.4, -0.2) is 75.7 Å². The Morgan fingerprint density at radius 3 is 3.03 bits per heavy atom. The quantitative estimate of drug-likeness (QED) is 0.488. The molecule has 5 heterocycles. The summed E-state index contributed by atoms with van der Waals surface area (Å²) in [5.41, 5.74) is 7.55. The topological polar surface area (TPSA) is 93.6 Å². The Bertz CT molecular complexity index is 1260. The molecule has 1 amide bonds. The third-order valence-corrected chi connectivity index (χ3v) is 7.83. The van der Waals surface area contributed by atoms with Crippen molar-refractivity contribution in [3.8, 4) is 0 Å². The van der Waals surface area contributed by atoms with Crippen LogP contribution in [0.4, 0.5) is 17.2 Å². The maximum absolute atomic E-state index is 12.7. The highest BCUT2D eigenvalue weighted by Crippen LogP contribution is 2.36. The van der Waals surface area contributed by atoms with Gasteiger partial charge >= 0.3 is 0 Å². The number of nitrogens with one attached hydrogen (secondary N) is 2. The van der Waals surface area contributed by atoms with E-state index in [2.05, 4.69) is 38.8 Å². The summed E-state index contributed by atoms with van der Waals surface area (Å²) in [6.45, 7) is 3.19. The number of nitrogens with zero attached hydrogens (tertiary/aromatic N) is 4. The number of β-amino-alcohol motifs (C(OH)–C–C–N with tert-alkyl or cyclic N) is 1. The summed E-state index contributed by atoms with van der Waals surface area (Å²) in [4.78, 5) is 25.6. The third kappa shape index (κ3) is 4.26. The molecule has 176 valence electrons. The summed E-state index contributed by atoms with van der Waals surface area (Å²) >= 11 is 1.64. The van der Waals surface area contributed by atoms with Crippen molar-refractivity contribution in [3.05, 3.63) is 53.2 Å². The summed E-state index contributed by atoms with van der Waals surface area (Å²) in [7, 11) is 0. The van der Waals surface area contributed by atoms with Gasteiger partial charge in [-0.1, -0.05) is 6.08 Å². The fraction of sp³-hybridized carbons (Fsp3) is 0.400. The lowest BCUT2D eigenvalue weighted by Gasteiger charge is -2.30. The maximum atomic E-state index is 12.7. The van der Waals surface area contributed by atoms with Gasteiger partial charge in [0.25, 0.3) is 0 Å². The van der Waals surface area contributed by atoms with Gasteiger partial charge in [0.15, 0.2) is 0 Å². The number of likely N-dealkylation sites (tertiary alicyclic amines) is 1. The molecule has 3 N–H and O–H groups in total. The van der Waals surface area contributed by atoms with Gasteiger partial charge in [0.05, 0.1) is 34.4 Å². The fourth-order valence-corrected chi connectivity index (χ4v) is 5.86. The zero-order valence-electron chi connectivity index (χ0n) is 18.9. The van der Waals surface area contributed by atoms with E-state index < -0.39 is 0 Å². The van der Waals surface area contributed by atoms with Crippen LogP contribution in [0, 0.1) is 0 Å². The van der Waals surface area contributed by atoms with Gasteiger partial charge in [-0.3, -0.25) is 9.69 Å². The van der Waals surface area contributed by atoms with Gasteiger partial charge < -0.3 is 20.6 Å². The molecule has 34 heavy (non-hydrogen) atoms. The van der Waals surface area contributed by atoms with Crippen molar-refractivity contribution in [1.29, 1.82) is 0 Å². The number of carbonyl (C=O) groups excluding carboxylic acids is 1. The summed E-state index contributed by atoms with van der Waals surface area (Å²) in [6, 6.07) is 8.48. The Morgan fingerprint density at radius 2 is 2.21 bits per heavy atom. The number of amides is 1. The minimum Gasteiger partial charge on any atom is -0.392 e. The monoisotopic (exact) mass is 476 g/mol. The number of fused-ring (bicyclic) bond motifs is 2. The molecular formula is C25H28N6O2S. The van der Waals surface area contributed by atoms with E-state index in [0.29, 0.717) is 19.6 Å². The lowest BCUT2D eigenvalue weighted by molar-refractivity contribution is -0.131. The van der Waals surface area contributed by atoms with E-state index in [1.165, 1.54) is 15.8 Å². The molecule has 1 saturated heterocycles. The Hall–Kier alpha value is -3.01. The molecule has 1 aromatic carbocycles. The number of thiazole rings is 1. The Labute approximate surface area is 202 Å². The summed E-state index contributed by atoms with van der Waals surface area (Å²) < 4.78 is 1.17. The Balaban J connectivity index is 1.11. The van der Waals surface area contributed by atoms with Crippen molar-refractivity contribution >= 4 is 44.7 Å². The van der Waals surface area contributed by atoms with E-state index in [9.17, 15) is 9.90 Å². The van der Waals surface area contributed by atoms with Gasteiger partial charge in [-0.15, -0.1) is 11.3 Å². The minimum atomic E-state index is -0.292. The van der Waals surface area contributed by atoms with Crippen LogP contribution in [0.2, 0.25) is 0 Å². The molecule has 0 bridgehead atoms. The van der Waals surface area contributed by atoms with E-state index in [0.717, 1.165) is 55.1 Å². The number of anilines is 3. The molecular weight excluding hydrogens is 448 g/mol. The average molecular weight is 477 g/mol. The predicted octanol–water partition coefficient (Wildman–Crippen LogP) is 3.00. The first kappa shape index (κ1) is 21.5. The van der Waals surface area contributed by atoms with Crippen LogP contribution in [0.3, 0.4) is 0 Å². The van der Waals surface area contributed by atoms with Crippen LogP contribution in [-0.2, 0) is 11.2 Å². The van der Waals surface area contributed by atoms with Crippen LogP contribution in [0.5, 0.6) is 0 Å². The summed E-state index contributed by atoms with van der Waals surface area (Å²) in [5, 5.41) is 16.9. The van der Waals surface area contributed by atoms with Crippen molar-refractivity contribution < 1.29 is 9.90 Å². The third-order valence-electron chi connectivity index (χ3n) is 7.04. The molecule has 3 aliphatic rings. The smallest absolute Gasteiger partial charge is 0.237 e. The largest absolute Gasteiger partial charge is 0.392 e. The van der Waals surface area contributed by atoms with Crippen molar-refractivity contribution in [3.63, 3.8) is 0 Å². The van der Waals surface area contributed by atoms with Gasteiger partial charge in [0, 0.05) is 55.7 Å². The van der Waals surface area contributed by atoms with E-state index in [1.54, 1.807) is 11.3 Å². The van der Waals surface area contributed by atoms with Crippen LogP contribution in [0.15, 0.2) is 47.6 Å². The Kier molecular flexibility index (Phi) is 5.68. The molecule has 0 aliphatic carbocycles. The second-order valence-corrected chi connectivity index (χ2v) is 10.2. The van der Waals surface area contributed by atoms with E-state index in [-0.39, 0.29) is 18.1 Å². The molecule has 3 aliphatic heterocycles. The fourth-order valence-electron chi connectivity index (χ4n) is 5.15. The molecule has 1 fully saturated rings. The van der Waals surface area contributed by atoms with Crippen molar-refractivity contribution in [2.45, 2.75) is 31.4 Å². The second kappa shape index (κ2) is 8.98. The number of carbonyl (C=O) groups is 1. The number of aliphatic hydroxyl groups excluding tert-OH is 1. The zero-order valence-corrected chi connectivity index (χ0v) is 19.7. The highest BCUT2D eigenvalue weighted by molar-refractivity contribution is 7.16. The lowest BCUT2D eigenvalue weighted by atomic mass is 9.97. The molecule has 2 atom stereocenters. The Morgan fingerprint density at radius 1 is 1.26 bits per heavy atom. The molecule has 0 radical (unpaired) electrons. The van der Waals surface area contributed by atoms with Gasteiger partial charge in [-0.2, -0.15) is 0 Å². The highest BCUT2D eigenvalue weighted by atomic mass is 32.1. The maximum Gasteiger partial charge on any atom is 0.237 e. The highest BCUT2D eigenvalue weighted by Gasteiger charge is 2.30. The first-order valence-corrected chi connectivity index (χ1v) is 12.7. The standard InChI is InChI=1S/C25H28N6O2S/c32-18-6-8-30(13-18)14-24(33)31-9-4-16(5-10-31)22-12-19-20(3-7-26-25(19)29-22)28-17-1-2-21-23(11-17)34-15-27-21/h1-4,7,11,15,18,22,32H,5-6,8-10,12-14H2,(H2,26,28,29). The summed E-state index contributed by atoms with van der Waals surface area (Å²) in [5.74, 6) is 1.08. The van der Waals surface area contributed by atoms with Crippen molar-refractivity contribution in [2.75, 3.05) is 43.4 Å². The molecule has 2 unspecified atom stereocenters. The van der Waals surface area contributed by atoms with Gasteiger partial charge in [0.2, 0.25) is 5.91 Å². The van der Waals surface area contributed by atoms with E-state index in [1.807, 2.05) is 33.6 Å². The zero-order chi connectivity index (χ0) is 23.1. The normalized spacial score (nSPS) is 22.5. The molecule has 9 heteroatoms. The first-order valence-electron chi connectivity index (χ1n) is 11.8. The first-order chi connectivity index (χ1) is 16.6. The van der Waals surface area contributed by atoms with Gasteiger partial charge in [-0.05, 0) is 42.7 Å². The van der Waals surface area contributed by atoms with Crippen LogP contribution in [0.25, 0.3) is 10.2 Å². The van der Waals surface area contributed by atoms with Gasteiger partial charge in [-0.25, -0.2) is 9.97 Å². The van der Waals surface area contributed by atoms with E-state index >= 15 is 0 Å². The number of aromatic nitrogens is 2. The van der Waals surface area contributed by atoms with Crippen LogP contribution in [0.1, 0.15) is 18.4 Å². The number of rotatable bonds is 5. The molecule has 0 saturated carbocycles.